The summed E-state index contributed by atoms with van der Waals surface area (Å²) in [6, 6.07) is 0. The molecule has 10 heteroatoms. The molecule has 0 spiro atoms. The molecule has 164 valence electrons. The Hall–Kier alpha value is -2.04. The van der Waals surface area contributed by atoms with Crippen LogP contribution in [-0.2, 0) is 11.3 Å². The number of aryl methyl sites for hydroxylation is 2. The lowest BCUT2D eigenvalue weighted by Gasteiger charge is -2.19. The third kappa shape index (κ3) is 9.33. The first-order chi connectivity index (χ1) is 14.1. The number of unbranched alkanes of at least 4 members (excludes halogenated alkanes) is 2. The molecule has 0 radical (unpaired) electrons. The lowest BCUT2D eigenvalue weighted by Crippen LogP contribution is -2.39. The average Bonchev–Trinajstić information content (AvgIpc) is 3.06. The maximum atomic E-state index is 11.6. The van der Waals surface area contributed by atoms with Gasteiger partial charge in [0, 0.05) is 52.6 Å². The topological polar surface area (TPSA) is 126 Å². The number of aromatic nitrogens is 2. The SMILES string of the molecule is Cc1nc([N+](=O)[O-])cn1CCCCCC1CNCCNCCC(=O)NCCNC1. The summed E-state index contributed by atoms with van der Waals surface area (Å²) in [4.78, 5) is 26.0. The van der Waals surface area contributed by atoms with Gasteiger partial charge in [0.15, 0.2) is 0 Å². The van der Waals surface area contributed by atoms with Gasteiger partial charge in [-0.15, -0.1) is 0 Å². The minimum Gasteiger partial charge on any atom is -0.358 e. The molecule has 0 saturated carbocycles. The predicted molar refractivity (Wildman–Crippen MR) is 112 cm³/mol. The molecule has 0 bridgehead atoms. The van der Waals surface area contributed by atoms with Crippen molar-refractivity contribution in [3.63, 3.8) is 0 Å². The van der Waals surface area contributed by atoms with Crippen LogP contribution in [0.4, 0.5) is 5.82 Å². The molecule has 2 rings (SSSR count). The van der Waals surface area contributed by atoms with E-state index in [2.05, 4.69) is 26.3 Å². The van der Waals surface area contributed by atoms with E-state index in [4.69, 9.17) is 0 Å². The fourth-order valence-corrected chi connectivity index (χ4v) is 3.47. The molecule has 1 aliphatic heterocycles. The fraction of sp³-hybridized carbons (Fsp3) is 0.789. The van der Waals surface area contributed by atoms with Gasteiger partial charge in [0.05, 0.1) is 0 Å². The Morgan fingerprint density at radius 1 is 1.10 bits per heavy atom. The number of rotatable bonds is 7. The van der Waals surface area contributed by atoms with Crippen LogP contribution in [-0.4, -0.2) is 66.2 Å². The lowest BCUT2D eigenvalue weighted by atomic mass is 10.0. The van der Waals surface area contributed by atoms with E-state index in [-0.39, 0.29) is 11.7 Å². The Kier molecular flexibility index (Phi) is 10.6. The van der Waals surface area contributed by atoms with E-state index >= 15 is 0 Å². The van der Waals surface area contributed by atoms with Crippen LogP contribution in [0.15, 0.2) is 6.20 Å². The molecule has 1 amide bonds. The zero-order valence-corrected chi connectivity index (χ0v) is 17.4. The molecule has 4 N–H and O–H groups in total. The van der Waals surface area contributed by atoms with E-state index in [1.807, 2.05) is 4.57 Å². The predicted octanol–water partition coefficient (Wildman–Crippen LogP) is 0.565. The minimum absolute atomic E-state index is 0.0787. The maximum absolute atomic E-state index is 11.6. The maximum Gasteiger partial charge on any atom is 0.381 e. The van der Waals surface area contributed by atoms with Crippen LogP contribution >= 0.6 is 0 Å². The van der Waals surface area contributed by atoms with E-state index in [0.29, 0.717) is 31.3 Å². The van der Waals surface area contributed by atoms with Crippen LogP contribution in [0, 0.1) is 23.0 Å². The van der Waals surface area contributed by atoms with Gasteiger partial charge >= 0.3 is 5.82 Å². The van der Waals surface area contributed by atoms with Gasteiger partial charge < -0.3 is 35.9 Å². The Morgan fingerprint density at radius 3 is 2.55 bits per heavy atom. The molecule has 1 aliphatic rings. The molecule has 10 nitrogen and oxygen atoms in total. The van der Waals surface area contributed by atoms with Gasteiger partial charge in [-0.3, -0.25) is 4.79 Å². The first-order valence-corrected chi connectivity index (χ1v) is 10.6. The molecule has 0 aromatic carbocycles. The van der Waals surface area contributed by atoms with E-state index in [9.17, 15) is 14.9 Å². The van der Waals surface area contributed by atoms with Crippen LogP contribution in [0.2, 0.25) is 0 Å². The summed E-state index contributed by atoms with van der Waals surface area (Å²) in [5.74, 6) is 1.26. The van der Waals surface area contributed by atoms with Gasteiger partial charge in [-0.05, 0) is 41.8 Å². The molecular formula is C19H35N7O3. The molecule has 1 saturated heterocycles. The molecule has 1 fully saturated rings. The quantitative estimate of drug-likeness (QED) is 0.295. The van der Waals surface area contributed by atoms with E-state index < -0.39 is 4.92 Å². The van der Waals surface area contributed by atoms with Gasteiger partial charge in [-0.2, -0.15) is 0 Å². The molecule has 29 heavy (non-hydrogen) atoms. The average molecular weight is 410 g/mol. The number of imidazole rings is 1. The molecule has 1 atom stereocenters. The Balaban J connectivity index is 1.67. The highest BCUT2D eigenvalue weighted by molar-refractivity contribution is 5.76. The van der Waals surface area contributed by atoms with Crippen molar-refractivity contribution in [2.75, 3.05) is 45.8 Å². The Morgan fingerprint density at radius 2 is 1.83 bits per heavy atom. The van der Waals surface area contributed by atoms with Crippen molar-refractivity contribution in [1.29, 1.82) is 0 Å². The normalized spacial score (nSPS) is 20.0. The molecule has 0 aliphatic carbocycles. The molecular weight excluding hydrogens is 374 g/mol. The van der Waals surface area contributed by atoms with Crippen LogP contribution in [0.5, 0.6) is 0 Å². The monoisotopic (exact) mass is 409 g/mol. The smallest absolute Gasteiger partial charge is 0.358 e. The number of nitro groups is 1. The van der Waals surface area contributed by atoms with Crippen LogP contribution in [0.3, 0.4) is 0 Å². The highest BCUT2D eigenvalue weighted by Crippen LogP contribution is 2.13. The summed E-state index contributed by atoms with van der Waals surface area (Å²) in [7, 11) is 0. The molecule has 1 aromatic heterocycles. The molecule has 1 unspecified atom stereocenters. The number of nitrogens with zero attached hydrogens (tertiary/aromatic N) is 3. The summed E-state index contributed by atoms with van der Waals surface area (Å²) < 4.78 is 1.87. The summed E-state index contributed by atoms with van der Waals surface area (Å²) >= 11 is 0. The standard InChI is InChI=1S/C19H35N7O3/c1-16-24-18(26(28)29)15-25(16)12-4-2-3-5-17-13-21-9-8-20-7-6-19(27)23-11-10-22-14-17/h15,17,20-22H,2-14H2,1H3,(H,23,27). The second-order valence-corrected chi connectivity index (χ2v) is 7.57. The second-order valence-electron chi connectivity index (χ2n) is 7.57. The number of hydrogen-bond acceptors (Lipinski definition) is 7. The third-order valence-corrected chi connectivity index (χ3v) is 5.16. The van der Waals surface area contributed by atoms with Crippen LogP contribution in [0.25, 0.3) is 0 Å². The van der Waals surface area contributed by atoms with Gasteiger partial charge in [0.1, 0.15) is 6.20 Å². The molecule has 2 heterocycles. The van der Waals surface area contributed by atoms with Crippen molar-refractivity contribution in [3.8, 4) is 0 Å². The highest BCUT2D eigenvalue weighted by atomic mass is 16.6. The van der Waals surface area contributed by atoms with Crippen molar-refractivity contribution in [2.24, 2.45) is 5.92 Å². The van der Waals surface area contributed by atoms with Crippen molar-refractivity contribution in [2.45, 2.75) is 45.6 Å². The van der Waals surface area contributed by atoms with Crippen LogP contribution < -0.4 is 21.3 Å². The number of carbonyl (C=O) groups excluding carboxylic acids is 1. The van der Waals surface area contributed by atoms with Gasteiger partial charge in [-0.1, -0.05) is 12.8 Å². The lowest BCUT2D eigenvalue weighted by molar-refractivity contribution is -0.389. The van der Waals surface area contributed by atoms with Gasteiger partial charge in [0.25, 0.3) is 0 Å². The summed E-state index contributed by atoms with van der Waals surface area (Å²) in [5, 5.41) is 24.0. The van der Waals surface area contributed by atoms with Crippen molar-refractivity contribution in [1.82, 2.24) is 30.8 Å². The fourth-order valence-electron chi connectivity index (χ4n) is 3.47. The number of carbonyl (C=O) groups is 1. The van der Waals surface area contributed by atoms with Crippen molar-refractivity contribution >= 4 is 11.7 Å². The van der Waals surface area contributed by atoms with E-state index in [1.165, 1.54) is 6.20 Å². The molecule has 1 aromatic rings. The number of hydrogen-bond donors (Lipinski definition) is 4. The zero-order chi connectivity index (χ0) is 20.9. The van der Waals surface area contributed by atoms with Crippen molar-refractivity contribution < 1.29 is 9.72 Å². The van der Waals surface area contributed by atoms with Gasteiger partial charge in [0.2, 0.25) is 11.7 Å². The summed E-state index contributed by atoms with van der Waals surface area (Å²) in [6.45, 7) is 8.40. The van der Waals surface area contributed by atoms with E-state index in [0.717, 1.165) is 65.0 Å². The van der Waals surface area contributed by atoms with Gasteiger partial charge in [-0.25, -0.2) is 0 Å². The number of nitrogens with one attached hydrogen (secondary N) is 4. The Bertz CT molecular complexity index is 635. The Labute approximate surface area is 172 Å². The van der Waals surface area contributed by atoms with E-state index in [1.54, 1.807) is 6.92 Å². The number of amides is 1. The van der Waals surface area contributed by atoms with Crippen molar-refractivity contribution in [3.05, 3.63) is 22.1 Å². The first kappa shape index (κ1) is 23.2. The minimum atomic E-state index is -0.447. The second kappa shape index (κ2) is 13.2. The third-order valence-electron chi connectivity index (χ3n) is 5.16. The zero-order valence-electron chi connectivity index (χ0n) is 17.4. The summed E-state index contributed by atoms with van der Waals surface area (Å²) in [6.07, 6.45) is 6.36. The van der Waals surface area contributed by atoms with Crippen LogP contribution in [0.1, 0.15) is 37.9 Å². The summed E-state index contributed by atoms with van der Waals surface area (Å²) in [5.41, 5.74) is 0. The first-order valence-electron chi connectivity index (χ1n) is 10.6. The highest BCUT2D eigenvalue weighted by Gasteiger charge is 2.14. The largest absolute Gasteiger partial charge is 0.381 e.